The van der Waals surface area contributed by atoms with Gasteiger partial charge in [-0.3, -0.25) is 14.9 Å². The summed E-state index contributed by atoms with van der Waals surface area (Å²) in [7, 11) is 1.42. The van der Waals surface area contributed by atoms with E-state index in [0.717, 1.165) is 5.82 Å². The lowest BCUT2D eigenvalue weighted by molar-refractivity contribution is -0.384. The first-order valence-electron chi connectivity index (χ1n) is 7.22. The summed E-state index contributed by atoms with van der Waals surface area (Å²) in [4.78, 5) is 22.5. The highest BCUT2D eigenvalue weighted by Gasteiger charge is 2.15. The number of nitro benzene ring substituents is 1. The Morgan fingerprint density at radius 3 is 2.92 bits per heavy atom. The zero-order valence-electron chi connectivity index (χ0n) is 13.8. The Morgan fingerprint density at radius 2 is 2.28 bits per heavy atom. The number of nitrogens with zero attached hydrogens (tertiary/aromatic N) is 4. The van der Waals surface area contributed by atoms with E-state index >= 15 is 0 Å². The van der Waals surface area contributed by atoms with Crippen LogP contribution in [-0.4, -0.2) is 38.5 Å². The molecule has 1 aromatic carbocycles. The van der Waals surface area contributed by atoms with Gasteiger partial charge >= 0.3 is 0 Å². The minimum Gasteiger partial charge on any atom is -0.495 e. The maximum absolute atomic E-state index is 12.2. The van der Waals surface area contributed by atoms with E-state index in [2.05, 4.69) is 22.1 Å². The SMILES string of the molecule is C=CCn1c(C)nnc1SCC(=O)Nc1cc([N+](=O)[O-])ccc1OC. The maximum atomic E-state index is 12.2. The summed E-state index contributed by atoms with van der Waals surface area (Å²) in [6.07, 6.45) is 1.72. The van der Waals surface area contributed by atoms with Gasteiger partial charge in [0.05, 0.1) is 23.5 Å². The fraction of sp³-hybridized carbons (Fsp3) is 0.267. The number of non-ortho nitro benzene ring substituents is 1. The smallest absolute Gasteiger partial charge is 0.271 e. The molecular formula is C15H17N5O4S. The number of carbonyl (C=O) groups is 1. The highest BCUT2D eigenvalue weighted by molar-refractivity contribution is 7.99. The van der Waals surface area contributed by atoms with Crippen molar-refractivity contribution in [3.05, 3.63) is 46.8 Å². The summed E-state index contributed by atoms with van der Waals surface area (Å²) in [5.74, 6) is 0.800. The Labute approximate surface area is 148 Å². The van der Waals surface area contributed by atoms with Gasteiger partial charge in [0.1, 0.15) is 11.6 Å². The molecule has 132 valence electrons. The van der Waals surface area contributed by atoms with Crippen LogP contribution in [0.3, 0.4) is 0 Å². The molecule has 9 nitrogen and oxygen atoms in total. The number of aryl methyl sites for hydroxylation is 1. The molecule has 2 aromatic rings. The molecule has 0 atom stereocenters. The van der Waals surface area contributed by atoms with Gasteiger partial charge in [-0.2, -0.15) is 0 Å². The van der Waals surface area contributed by atoms with Gasteiger partial charge in [-0.15, -0.1) is 16.8 Å². The molecule has 1 amide bonds. The third-order valence-electron chi connectivity index (χ3n) is 3.21. The van der Waals surface area contributed by atoms with Crippen molar-refractivity contribution < 1.29 is 14.5 Å². The summed E-state index contributed by atoms with van der Waals surface area (Å²) in [6, 6.07) is 4.00. The van der Waals surface area contributed by atoms with Crippen molar-refractivity contribution in [3.63, 3.8) is 0 Å². The second-order valence-corrected chi connectivity index (χ2v) is 5.85. The quantitative estimate of drug-likeness (QED) is 0.332. The molecular weight excluding hydrogens is 346 g/mol. The number of hydrogen-bond acceptors (Lipinski definition) is 7. The summed E-state index contributed by atoms with van der Waals surface area (Å²) in [5.41, 5.74) is 0.108. The van der Waals surface area contributed by atoms with E-state index in [1.165, 1.54) is 37.1 Å². The number of anilines is 1. The molecule has 25 heavy (non-hydrogen) atoms. The van der Waals surface area contributed by atoms with Crippen molar-refractivity contribution in [2.75, 3.05) is 18.2 Å². The Kier molecular flexibility index (Phi) is 6.12. The van der Waals surface area contributed by atoms with E-state index in [0.29, 0.717) is 17.5 Å². The lowest BCUT2D eigenvalue weighted by Gasteiger charge is -2.10. The normalized spacial score (nSPS) is 10.3. The molecule has 0 fully saturated rings. The Hall–Kier alpha value is -2.88. The number of hydrogen-bond donors (Lipinski definition) is 1. The molecule has 1 heterocycles. The molecule has 10 heteroatoms. The van der Waals surface area contributed by atoms with Crippen molar-refractivity contribution in [2.24, 2.45) is 0 Å². The van der Waals surface area contributed by atoms with Gasteiger partial charge < -0.3 is 14.6 Å². The number of allylic oxidation sites excluding steroid dienone is 1. The third kappa shape index (κ3) is 4.57. The van der Waals surface area contributed by atoms with Crippen LogP contribution in [0.5, 0.6) is 5.75 Å². The fourth-order valence-electron chi connectivity index (χ4n) is 2.03. The first kappa shape index (κ1) is 18.5. The van der Waals surface area contributed by atoms with Crippen LogP contribution < -0.4 is 10.1 Å². The minimum atomic E-state index is -0.537. The summed E-state index contributed by atoms with van der Waals surface area (Å²) < 4.78 is 6.95. The van der Waals surface area contributed by atoms with Crippen molar-refractivity contribution >= 4 is 29.0 Å². The standard InChI is InChI=1S/C15H17N5O4S/c1-4-7-19-10(2)17-18-15(19)25-9-14(21)16-12-8-11(20(22)23)5-6-13(12)24-3/h4-6,8H,1,7,9H2,2-3H3,(H,16,21). The molecule has 0 aliphatic rings. The van der Waals surface area contributed by atoms with Crippen molar-refractivity contribution in [1.82, 2.24) is 14.8 Å². The highest BCUT2D eigenvalue weighted by Crippen LogP contribution is 2.29. The van der Waals surface area contributed by atoms with Crippen LogP contribution in [0.1, 0.15) is 5.82 Å². The zero-order chi connectivity index (χ0) is 18.4. The molecule has 0 bridgehead atoms. The van der Waals surface area contributed by atoms with Gasteiger partial charge in [0.25, 0.3) is 5.69 Å². The van der Waals surface area contributed by atoms with Crippen molar-refractivity contribution in [1.29, 1.82) is 0 Å². The lowest BCUT2D eigenvalue weighted by Crippen LogP contribution is -2.15. The van der Waals surface area contributed by atoms with Gasteiger partial charge in [-0.25, -0.2) is 0 Å². The Morgan fingerprint density at radius 1 is 1.52 bits per heavy atom. The number of nitro groups is 1. The molecule has 2 rings (SSSR count). The first-order chi connectivity index (χ1) is 12.0. The average molecular weight is 363 g/mol. The molecule has 1 aromatic heterocycles. The lowest BCUT2D eigenvalue weighted by atomic mass is 10.2. The fourth-order valence-corrected chi connectivity index (χ4v) is 2.82. The number of thioether (sulfide) groups is 1. The molecule has 0 saturated carbocycles. The molecule has 0 aliphatic carbocycles. The summed E-state index contributed by atoms with van der Waals surface area (Å²) in [5, 5.41) is 22.1. The number of methoxy groups -OCH3 is 1. The van der Waals surface area contributed by atoms with Crippen LogP contribution in [-0.2, 0) is 11.3 Å². The minimum absolute atomic E-state index is 0.0706. The number of rotatable bonds is 8. The van der Waals surface area contributed by atoms with E-state index in [1.807, 2.05) is 11.5 Å². The second-order valence-electron chi connectivity index (χ2n) is 4.91. The molecule has 0 unspecified atom stereocenters. The van der Waals surface area contributed by atoms with Crippen molar-refractivity contribution in [3.8, 4) is 5.75 Å². The largest absolute Gasteiger partial charge is 0.495 e. The predicted octanol–water partition coefficient (Wildman–Crippen LogP) is 2.42. The number of ether oxygens (including phenoxy) is 1. The summed E-state index contributed by atoms with van der Waals surface area (Å²) >= 11 is 1.21. The van der Waals surface area contributed by atoms with Gasteiger partial charge in [0, 0.05) is 18.7 Å². The van der Waals surface area contributed by atoms with Crippen LogP contribution in [0.25, 0.3) is 0 Å². The van der Waals surface area contributed by atoms with E-state index < -0.39 is 4.92 Å². The zero-order valence-corrected chi connectivity index (χ0v) is 14.6. The van der Waals surface area contributed by atoms with Crippen LogP contribution in [0.2, 0.25) is 0 Å². The average Bonchev–Trinajstić information content (AvgIpc) is 2.93. The van der Waals surface area contributed by atoms with Crippen LogP contribution in [0, 0.1) is 17.0 Å². The number of amides is 1. The topological polar surface area (TPSA) is 112 Å². The molecule has 0 aliphatic heterocycles. The molecule has 1 N–H and O–H groups in total. The predicted molar refractivity (Wildman–Crippen MR) is 94.0 cm³/mol. The molecule has 0 radical (unpaired) electrons. The van der Waals surface area contributed by atoms with E-state index in [4.69, 9.17) is 4.74 Å². The van der Waals surface area contributed by atoms with E-state index in [9.17, 15) is 14.9 Å². The van der Waals surface area contributed by atoms with Gasteiger partial charge in [-0.05, 0) is 13.0 Å². The highest BCUT2D eigenvalue weighted by atomic mass is 32.2. The van der Waals surface area contributed by atoms with E-state index in [-0.39, 0.29) is 23.0 Å². The van der Waals surface area contributed by atoms with Gasteiger partial charge in [0.15, 0.2) is 5.16 Å². The van der Waals surface area contributed by atoms with Crippen LogP contribution in [0.15, 0.2) is 36.0 Å². The molecule has 0 saturated heterocycles. The Balaban J connectivity index is 2.07. The first-order valence-corrected chi connectivity index (χ1v) is 8.20. The Bertz CT molecular complexity index is 805. The second kappa shape index (κ2) is 8.29. The maximum Gasteiger partial charge on any atom is 0.271 e. The van der Waals surface area contributed by atoms with E-state index in [1.54, 1.807) is 6.08 Å². The number of carbonyl (C=O) groups excluding carboxylic acids is 1. The van der Waals surface area contributed by atoms with Gasteiger partial charge in [0.2, 0.25) is 5.91 Å². The molecule has 0 spiro atoms. The van der Waals surface area contributed by atoms with Crippen LogP contribution in [0.4, 0.5) is 11.4 Å². The number of benzene rings is 1. The number of aromatic nitrogens is 3. The monoisotopic (exact) mass is 363 g/mol. The van der Waals surface area contributed by atoms with Crippen molar-refractivity contribution in [2.45, 2.75) is 18.6 Å². The summed E-state index contributed by atoms with van der Waals surface area (Å²) in [6.45, 7) is 6.03. The van der Waals surface area contributed by atoms with Gasteiger partial charge in [-0.1, -0.05) is 17.8 Å². The third-order valence-corrected chi connectivity index (χ3v) is 4.18. The van der Waals surface area contributed by atoms with Crippen LogP contribution >= 0.6 is 11.8 Å². The number of nitrogens with one attached hydrogen (secondary N) is 1.